The first-order chi connectivity index (χ1) is 9.99. The van der Waals surface area contributed by atoms with Gasteiger partial charge in [-0.25, -0.2) is 0 Å². The van der Waals surface area contributed by atoms with E-state index in [-0.39, 0.29) is 11.5 Å². The summed E-state index contributed by atoms with van der Waals surface area (Å²) in [5, 5.41) is 0. The van der Waals surface area contributed by atoms with Crippen molar-refractivity contribution < 1.29 is 14.3 Å². The number of amides is 1. The van der Waals surface area contributed by atoms with Crippen molar-refractivity contribution in [3.8, 4) is 0 Å². The maximum absolute atomic E-state index is 11.5. The maximum Gasteiger partial charge on any atom is 0.222 e. The van der Waals surface area contributed by atoms with E-state index >= 15 is 0 Å². The highest BCUT2D eigenvalue weighted by molar-refractivity contribution is 5.75. The summed E-state index contributed by atoms with van der Waals surface area (Å²) in [6, 6.07) is 0. The number of aldehydes is 1. The van der Waals surface area contributed by atoms with Gasteiger partial charge in [0.1, 0.15) is 6.29 Å². The van der Waals surface area contributed by atoms with Crippen LogP contribution in [0.1, 0.15) is 75.2 Å². The number of carbonyl (C=O) groups excluding carboxylic acids is 2. The summed E-state index contributed by atoms with van der Waals surface area (Å²) in [6.07, 6.45) is 2.33. The Morgan fingerprint density at radius 1 is 1.14 bits per heavy atom. The second kappa shape index (κ2) is 13.7. The van der Waals surface area contributed by atoms with E-state index in [2.05, 4.69) is 20.8 Å². The standard InChI is InChI=1S/C14H29NO2.C2H4O.C2H6/c1-8-12(16)15(7)11-14(5,6)17-10-9-13(2,3)4;1-2-3;1-2/h8-11H2,1-7H3;2H,1H3;1-2H3. The lowest BCUT2D eigenvalue weighted by Crippen LogP contribution is -2.41. The molecule has 0 saturated heterocycles. The third-order valence-electron chi connectivity index (χ3n) is 2.69. The van der Waals surface area contributed by atoms with E-state index in [0.29, 0.717) is 18.4 Å². The van der Waals surface area contributed by atoms with Gasteiger partial charge >= 0.3 is 0 Å². The van der Waals surface area contributed by atoms with Gasteiger partial charge in [-0.1, -0.05) is 41.5 Å². The molecule has 4 nitrogen and oxygen atoms in total. The Bertz CT molecular complexity index is 281. The molecule has 0 aliphatic heterocycles. The van der Waals surface area contributed by atoms with Crippen LogP contribution in [-0.2, 0) is 14.3 Å². The molecule has 0 bridgehead atoms. The third kappa shape index (κ3) is 19.1. The van der Waals surface area contributed by atoms with Crippen molar-refractivity contribution >= 4 is 12.2 Å². The lowest BCUT2D eigenvalue weighted by atomic mass is 9.93. The first kappa shape index (κ1) is 26.0. The second-order valence-corrected chi connectivity index (χ2v) is 6.76. The minimum atomic E-state index is -0.273. The number of hydrogen-bond acceptors (Lipinski definition) is 3. The van der Waals surface area contributed by atoms with E-state index < -0.39 is 0 Å². The number of likely N-dealkylation sites (N-methyl/N-ethyl adjacent to an activating group) is 1. The van der Waals surface area contributed by atoms with Gasteiger partial charge in [-0.3, -0.25) is 4.79 Å². The molecule has 1 amide bonds. The summed E-state index contributed by atoms with van der Waals surface area (Å²) in [4.78, 5) is 22.0. The average Bonchev–Trinajstić information content (AvgIpc) is 2.38. The van der Waals surface area contributed by atoms with Crippen molar-refractivity contribution in [2.75, 3.05) is 20.2 Å². The fraction of sp³-hybridized carbons (Fsp3) is 0.889. The van der Waals surface area contributed by atoms with E-state index in [4.69, 9.17) is 9.53 Å². The maximum atomic E-state index is 11.5. The Morgan fingerprint density at radius 3 is 1.86 bits per heavy atom. The summed E-state index contributed by atoms with van der Waals surface area (Å²) in [6.45, 7) is 19.4. The van der Waals surface area contributed by atoms with Gasteiger partial charge in [-0.05, 0) is 32.6 Å². The predicted molar refractivity (Wildman–Crippen MR) is 95.1 cm³/mol. The predicted octanol–water partition coefficient (Wildman–Crippen LogP) is 4.32. The first-order valence-electron chi connectivity index (χ1n) is 8.26. The van der Waals surface area contributed by atoms with Gasteiger partial charge in [0.25, 0.3) is 0 Å². The van der Waals surface area contributed by atoms with Crippen LogP contribution in [0, 0.1) is 5.41 Å². The van der Waals surface area contributed by atoms with E-state index in [1.165, 1.54) is 6.92 Å². The zero-order valence-electron chi connectivity index (χ0n) is 16.6. The molecule has 0 spiro atoms. The molecule has 0 fully saturated rings. The number of ether oxygens (including phenoxy) is 1. The Balaban J connectivity index is -0.000000637. The van der Waals surface area contributed by atoms with Gasteiger partial charge < -0.3 is 14.4 Å². The second-order valence-electron chi connectivity index (χ2n) is 6.76. The fourth-order valence-corrected chi connectivity index (χ4v) is 1.61. The molecule has 0 aliphatic rings. The van der Waals surface area contributed by atoms with Crippen LogP contribution in [0.4, 0.5) is 0 Å². The quantitative estimate of drug-likeness (QED) is 0.685. The van der Waals surface area contributed by atoms with Crippen molar-refractivity contribution in [2.24, 2.45) is 5.41 Å². The monoisotopic (exact) mass is 317 g/mol. The molecule has 0 aromatic heterocycles. The molecular formula is C18H39NO3. The van der Waals surface area contributed by atoms with Crippen LogP contribution in [0.25, 0.3) is 0 Å². The molecule has 0 unspecified atom stereocenters. The number of rotatable bonds is 6. The summed E-state index contributed by atoms with van der Waals surface area (Å²) >= 11 is 0. The molecule has 0 heterocycles. The van der Waals surface area contributed by atoms with Gasteiger partial charge in [0.05, 0.1) is 5.60 Å². The number of carbonyl (C=O) groups is 2. The molecule has 0 saturated carbocycles. The normalized spacial score (nSPS) is 10.6. The van der Waals surface area contributed by atoms with E-state index in [1.54, 1.807) is 4.90 Å². The van der Waals surface area contributed by atoms with Crippen LogP contribution in [0.5, 0.6) is 0 Å². The molecule has 0 aliphatic carbocycles. The lowest BCUT2D eigenvalue weighted by Gasteiger charge is -2.31. The van der Waals surface area contributed by atoms with E-state index in [1.807, 2.05) is 41.7 Å². The zero-order chi connectivity index (χ0) is 18.4. The Hall–Kier alpha value is -0.900. The molecule has 0 rings (SSSR count). The number of nitrogens with zero attached hydrogens (tertiary/aromatic N) is 1. The summed E-state index contributed by atoms with van der Waals surface area (Å²) in [7, 11) is 1.83. The van der Waals surface area contributed by atoms with Gasteiger partial charge in [-0.15, -0.1) is 0 Å². The van der Waals surface area contributed by atoms with Crippen molar-refractivity contribution in [3.63, 3.8) is 0 Å². The van der Waals surface area contributed by atoms with Crippen LogP contribution >= 0.6 is 0 Å². The Kier molecular flexibility index (Phi) is 16.3. The van der Waals surface area contributed by atoms with Crippen molar-refractivity contribution in [3.05, 3.63) is 0 Å². The molecule has 134 valence electrons. The molecular weight excluding hydrogens is 278 g/mol. The smallest absolute Gasteiger partial charge is 0.222 e. The third-order valence-corrected chi connectivity index (χ3v) is 2.69. The highest BCUT2D eigenvalue weighted by Crippen LogP contribution is 2.20. The summed E-state index contributed by atoms with van der Waals surface area (Å²) in [5.41, 5.74) is 0.0199. The highest BCUT2D eigenvalue weighted by Gasteiger charge is 2.23. The highest BCUT2D eigenvalue weighted by atomic mass is 16.5. The minimum Gasteiger partial charge on any atom is -0.374 e. The molecule has 4 heteroatoms. The van der Waals surface area contributed by atoms with Gasteiger partial charge in [-0.2, -0.15) is 0 Å². The van der Waals surface area contributed by atoms with Crippen LogP contribution in [-0.4, -0.2) is 42.9 Å². The molecule has 22 heavy (non-hydrogen) atoms. The SMILES string of the molecule is CC.CC=O.CCC(=O)N(C)CC(C)(C)OCCC(C)(C)C. The van der Waals surface area contributed by atoms with Crippen molar-refractivity contribution in [2.45, 2.75) is 80.8 Å². The van der Waals surface area contributed by atoms with E-state index in [0.717, 1.165) is 19.3 Å². The lowest BCUT2D eigenvalue weighted by molar-refractivity contribution is -0.134. The van der Waals surface area contributed by atoms with Gasteiger partial charge in [0, 0.05) is 26.6 Å². The van der Waals surface area contributed by atoms with Crippen LogP contribution in [0.3, 0.4) is 0 Å². The fourth-order valence-electron chi connectivity index (χ4n) is 1.61. The van der Waals surface area contributed by atoms with Gasteiger partial charge in [0.15, 0.2) is 0 Å². The van der Waals surface area contributed by atoms with Crippen molar-refractivity contribution in [1.82, 2.24) is 4.90 Å². The number of hydrogen-bond donors (Lipinski definition) is 0. The van der Waals surface area contributed by atoms with Crippen LogP contribution in [0.2, 0.25) is 0 Å². The molecule has 0 aromatic rings. The topological polar surface area (TPSA) is 46.6 Å². The first-order valence-corrected chi connectivity index (χ1v) is 8.26. The van der Waals surface area contributed by atoms with E-state index in [9.17, 15) is 4.79 Å². The Labute approximate surface area is 138 Å². The summed E-state index contributed by atoms with van der Waals surface area (Å²) in [5.74, 6) is 0.164. The van der Waals surface area contributed by atoms with Crippen LogP contribution in [0.15, 0.2) is 0 Å². The van der Waals surface area contributed by atoms with Crippen LogP contribution < -0.4 is 0 Å². The zero-order valence-corrected chi connectivity index (χ0v) is 16.6. The molecule has 0 aromatic carbocycles. The van der Waals surface area contributed by atoms with Crippen molar-refractivity contribution in [1.29, 1.82) is 0 Å². The minimum absolute atomic E-state index is 0.164. The summed E-state index contributed by atoms with van der Waals surface area (Å²) < 4.78 is 5.88. The Morgan fingerprint density at radius 2 is 1.55 bits per heavy atom. The largest absolute Gasteiger partial charge is 0.374 e. The van der Waals surface area contributed by atoms with Gasteiger partial charge in [0.2, 0.25) is 5.91 Å². The molecule has 0 atom stereocenters. The molecule has 0 radical (unpaired) electrons. The average molecular weight is 318 g/mol. The molecule has 0 N–H and O–H groups in total.